The molecule has 0 aromatic carbocycles. The van der Waals surface area contributed by atoms with Gasteiger partial charge in [0.2, 0.25) is 0 Å². The Balaban J connectivity index is 3.33. The Labute approximate surface area is 68.2 Å². The number of alkyl halides is 3. The van der Waals surface area contributed by atoms with E-state index in [9.17, 15) is 8.78 Å². The van der Waals surface area contributed by atoms with Crippen LogP contribution in [0.25, 0.3) is 0 Å². The minimum Gasteiger partial charge on any atom is -0.206 e. The third kappa shape index (κ3) is 5.06. The van der Waals surface area contributed by atoms with Gasteiger partial charge in [-0.25, -0.2) is 8.78 Å². The van der Waals surface area contributed by atoms with Crippen molar-refractivity contribution < 1.29 is 8.78 Å². The molecule has 0 saturated carbocycles. The van der Waals surface area contributed by atoms with Crippen LogP contribution in [0.2, 0.25) is 0 Å². The molecule has 0 bridgehead atoms. The largest absolute Gasteiger partial charge is 0.256 e. The summed E-state index contributed by atoms with van der Waals surface area (Å²) in [6.07, 6.45) is 1.54. The SMILES string of the molecule is CCCCC(F)(F)CI. The van der Waals surface area contributed by atoms with Crippen LogP contribution in [-0.2, 0) is 0 Å². The molecular formula is C6H11F2I. The summed E-state index contributed by atoms with van der Waals surface area (Å²) in [5, 5.41) is 0. The van der Waals surface area contributed by atoms with Gasteiger partial charge in [-0.05, 0) is 6.42 Å². The van der Waals surface area contributed by atoms with E-state index in [1.165, 1.54) is 0 Å². The highest BCUT2D eigenvalue weighted by Gasteiger charge is 2.25. The lowest BCUT2D eigenvalue weighted by atomic mass is 10.2. The first-order valence-electron chi connectivity index (χ1n) is 3.06. The van der Waals surface area contributed by atoms with E-state index in [1.54, 1.807) is 22.6 Å². The standard InChI is InChI=1S/C6H11F2I/c1-2-3-4-6(7,8)5-9/h2-5H2,1H3. The molecule has 0 radical (unpaired) electrons. The first kappa shape index (κ1) is 9.59. The Hall–Kier alpha value is 0.590. The van der Waals surface area contributed by atoms with Crippen LogP contribution in [0, 0.1) is 0 Å². The fourth-order valence-electron chi connectivity index (χ4n) is 0.502. The van der Waals surface area contributed by atoms with Gasteiger partial charge in [0.1, 0.15) is 0 Å². The van der Waals surface area contributed by atoms with E-state index in [0.717, 1.165) is 6.42 Å². The molecule has 0 aliphatic heterocycles. The molecule has 0 aliphatic rings. The Morgan fingerprint density at radius 3 is 2.33 bits per heavy atom. The maximum Gasteiger partial charge on any atom is 0.256 e. The lowest BCUT2D eigenvalue weighted by Gasteiger charge is -2.10. The average Bonchev–Trinajstić information content (AvgIpc) is 1.84. The summed E-state index contributed by atoms with van der Waals surface area (Å²) in [6, 6.07) is 0. The highest BCUT2D eigenvalue weighted by Crippen LogP contribution is 2.23. The van der Waals surface area contributed by atoms with Crippen molar-refractivity contribution in [3.8, 4) is 0 Å². The predicted octanol–water partition coefficient (Wildman–Crippen LogP) is 3.25. The Morgan fingerprint density at radius 1 is 1.44 bits per heavy atom. The summed E-state index contributed by atoms with van der Waals surface area (Å²) < 4.78 is 24.6. The van der Waals surface area contributed by atoms with Gasteiger partial charge in [-0.15, -0.1) is 0 Å². The number of unbranched alkanes of at least 4 members (excludes halogenated alkanes) is 1. The van der Waals surface area contributed by atoms with Gasteiger partial charge in [0.05, 0.1) is 4.43 Å². The van der Waals surface area contributed by atoms with Gasteiger partial charge in [-0.1, -0.05) is 35.9 Å². The van der Waals surface area contributed by atoms with Crippen LogP contribution in [0.3, 0.4) is 0 Å². The monoisotopic (exact) mass is 248 g/mol. The molecule has 0 atom stereocenters. The lowest BCUT2D eigenvalue weighted by Crippen LogP contribution is -2.16. The van der Waals surface area contributed by atoms with Gasteiger partial charge in [-0.3, -0.25) is 0 Å². The second kappa shape index (κ2) is 4.41. The Morgan fingerprint density at radius 2 is 2.00 bits per heavy atom. The number of hydrogen-bond donors (Lipinski definition) is 0. The zero-order valence-electron chi connectivity index (χ0n) is 5.46. The highest BCUT2D eigenvalue weighted by molar-refractivity contribution is 14.1. The number of hydrogen-bond acceptors (Lipinski definition) is 0. The maximum absolute atomic E-state index is 12.3. The van der Waals surface area contributed by atoms with Gasteiger partial charge in [-0.2, -0.15) is 0 Å². The van der Waals surface area contributed by atoms with Crippen molar-refractivity contribution in [2.75, 3.05) is 4.43 Å². The van der Waals surface area contributed by atoms with Crippen molar-refractivity contribution in [2.45, 2.75) is 32.1 Å². The van der Waals surface area contributed by atoms with Crippen LogP contribution < -0.4 is 0 Å². The summed E-state index contributed by atoms with van der Waals surface area (Å²) in [4.78, 5) is 0. The van der Waals surface area contributed by atoms with E-state index in [4.69, 9.17) is 0 Å². The molecule has 0 aromatic rings. The van der Waals surface area contributed by atoms with Crippen LogP contribution in [-0.4, -0.2) is 10.4 Å². The van der Waals surface area contributed by atoms with E-state index < -0.39 is 5.92 Å². The molecule has 0 nitrogen and oxygen atoms in total. The minimum absolute atomic E-state index is 0.0481. The maximum atomic E-state index is 12.3. The van der Waals surface area contributed by atoms with Crippen LogP contribution in [0.15, 0.2) is 0 Å². The summed E-state index contributed by atoms with van der Waals surface area (Å²) in [7, 11) is 0. The van der Waals surface area contributed by atoms with Gasteiger partial charge < -0.3 is 0 Å². The molecule has 0 spiro atoms. The Bertz CT molecular complexity index is 73.5. The molecule has 9 heavy (non-hydrogen) atoms. The first-order valence-corrected chi connectivity index (χ1v) is 4.59. The van der Waals surface area contributed by atoms with Crippen LogP contribution in [0.1, 0.15) is 26.2 Å². The van der Waals surface area contributed by atoms with Crippen LogP contribution in [0.5, 0.6) is 0 Å². The fraction of sp³-hybridized carbons (Fsp3) is 1.00. The predicted molar refractivity (Wildman–Crippen MR) is 43.4 cm³/mol. The molecule has 0 rings (SSSR count). The number of halogens is 3. The minimum atomic E-state index is -2.42. The molecule has 0 aromatic heterocycles. The normalized spacial score (nSPS) is 12.0. The molecule has 3 heteroatoms. The van der Waals surface area contributed by atoms with Crippen molar-refractivity contribution >= 4 is 22.6 Å². The summed E-state index contributed by atoms with van der Waals surface area (Å²) >= 11 is 1.72. The van der Waals surface area contributed by atoms with Crippen molar-refractivity contribution in [1.82, 2.24) is 0 Å². The second-order valence-electron chi connectivity index (χ2n) is 2.09. The van der Waals surface area contributed by atoms with E-state index in [0.29, 0.717) is 6.42 Å². The Kier molecular flexibility index (Phi) is 4.70. The highest BCUT2D eigenvalue weighted by atomic mass is 127. The van der Waals surface area contributed by atoms with Crippen LogP contribution in [0.4, 0.5) is 8.78 Å². The molecule has 0 N–H and O–H groups in total. The van der Waals surface area contributed by atoms with E-state index in [2.05, 4.69) is 0 Å². The van der Waals surface area contributed by atoms with Gasteiger partial charge >= 0.3 is 0 Å². The molecular weight excluding hydrogens is 237 g/mol. The fourth-order valence-corrected chi connectivity index (χ4v) is 0.884. The molecule has 0 heterocycles. The average molecular weight is 248 g/mol. The topological polar surface area (TPSA) is 0 Å². The van der Waals surface area contributed by atoms with Crippen molar-refractivity contribution in [1.29, 1.82) is 0 Å². The van der Waals surface area contributed by atoms with E-state index in [1.807, 2.05) is 6.92 Å². The second-order valence-corrected chi connectivity index (χ2v) is 2.86. The third-order valence-electron chi connectivity index (χ3n) is 1.09. The summed E-state index contributed by atoms with van der Waals surface area (Å²) in [5.41, 5.74) is 0. The van der Waals surface area contributed by atoms with E-state index >= 15 is 0 Å². The molecule has 0 amide bonds. The molecule has 56 valence electrons. The first-order chi connectivity index (χ1) is 4.12. The molecule has 0 unspecified atom stereocenters. The van der Waals surface area contributed by atoms with Crippen molar-refractivity contribution in [2.24, 2.45) is 0 Å². The van der Waals surface area contributed by atoms with E-state index in [-0.39, 0.29) is 10.8 Å². The van der Waals surface area contributed by atoms with Crippen molar-refractivity contribution in [3.05, 3.63) is 0 Å². The molecule has 0 aliphatic carbocycles. The smallest absolute Gasteiger partial charge is 0.206 e. The van der Waals surface area contributed by atoms with Crippen LogP contribution >= 0.6 is 22.6 Å². The quantitative estimate of drug-likeness (QED) is 0.529. The van der Waals surface area contributed by atoms with Gasteiger partial charge in [0.15, 0.2) is 0 Å². The zero-order chi connectivity index (χ0) is 7.33. The molecule has 0 fully saturated rings. The van der Waals surface area contributed by atoms with Gasteiger partial charge in [0, 0.05) is 6.42 Å². The number of rotatable bonds is 4. The zero-order valence-corrected chi connectivity index (χ0v) is 7.62. The van der Waals surface area contributed by atoms with Gasteiger partial charge in [0.25, 0.3) is 5.92 Å². The van der Waals surface area contributed by atoms with Crippen molar-refractivity contribution in [3.63, 3.8) is 0 Å². The lowest BCUT2D eigenvalue weighted by molar-refractivity contribution is 0.0193. The molecule has 0 saturated heterocycles. The summed E-state index contributed by atoms with van der Waals surface area (Å²) in [5.74, 6) is -2.42. The third-order valence-corrected chi connectivity index (χ3v) is 2.21. The summed E-state index contributed by atoms with van der Waals surface area (Å²) in [6.45, 7) is 1.92.